The van der Waals surface area contributed by atoms with Crippen LogP contribution in [0.1, 0.15) is 32.3 Å². The number of aryl methyl sites for hydroxylation is 1. The minimum Gasteiger partial charge on any atom is -0.486 e. The maximum atomic E-state index is 12.7. The molecule has 3 rings (SSSR count). The van der Waals surface area contributed by atoms with Gasteiger partial charge >= 0.3 is 6.18 Å². The minimum atomic E-state index is -4.43. The topological polar surface area (TPSA) is 63.8 Å². The number of amides is 1. The molecule has 0 saturated heterocycles. The number of thiophene rings is 1. The van der Waals surface area contributed by atoms with E-state index in [1.807, 2.05) is 6.92 Å². The lowest BCUT2D eigenvalue weighted by molar-refractivity contribution is -0.137. The van der Waals surface area contributed by atoms with E-state index in [0.717, 1.165) is 17.0 Å². The lowest BCUT2D eigenvalue weighted by atomic mass is 10.2. The molecular weight excluding hydrogens is 393 g/mol. The molecule has 5 nitrogen and oxygen atoms in total. The summed E-state index contributed by atoms with van der Waals surface area (Å²) in [5, 5.41) is 5.55. The monoisotopic (exact) mass is 408 g/mol. The second-order valence-electron chi connectivity index (χ2n) is 5.76. The van der Waals surface area contributed by atoms with Crippen LogP contribution in [0.25, 0.3) is 0 Å². The number of hydrogen-bond acceptors (Lipinski definition) is 5. The van der Waals surface area contributed by atoms with Gasteiger partial charge in [-0.1, -0.05) is 6.07 Å². The van der Waals surface area contributed by atoms with E-state index in [1.54, 1.807) is 23.6 Å². The van der Waals surface area contributed by atoms with Gasteiger partial charge in [0.1, 0.15) is 23.9 Å². The summed E-state index contributed by atoms with van der Waals surface area (Å²) in [5.41, 5.74) is 2.13. The third-order valence-electron chi connectivity index (χ3n) is 3.58. The molecule has 1 N–H and O–H groups in total. The summed E-state index contributed by atoms with van der Waals surface area (Å²) in [4.78, 5) is 12.9. The average Bonchev–Trinajstić information content (AvgIpc) is 3.28. The molecule has 1 amide bonds. The molecule has 0 aliphatic heterocycles. The van der Waals surface area contributed by atoms with Crippen LogP contribution in [-0.2, 0) is 12.8 Å². The van der Waals surface area contributed by atoms with Crippen molar-refractivity contribution in [3.8, 4) is 5.75 Å². The van der Waals surface area contributed by atoms with E-state index >= 15 is 0 Å². The van der Waals surface area contributed by atoms with Crippen molar-refractivity contribution in [2.75, 3.05) is 0 Å². The van der Waals surface area contributed by atoms with Crippen molar-refractivity contribution in [3.63, 3.8) is 0 Å². The van der Waals surface area contributed by atoms with Gasteiger partial charge in [-0.25, -0.2) is 5.43 Å². The van der Waals surface area contributed by atoms with Crippen molar-refractivity contribution in [1.29, 1.82) is 0 Å². The van der Waals surface area contributed by atoms with Gasteiger partial charge in [-0.3, -0.25) is 4.79 Å². The van der Waals surface area contributed by atoms with Crippen molar-refractivity contribution >= 4 is 23.5 Å². The summed E-state index contributed by atoms with van der Waals surface area (Å²) in [6.45, 7) is 1.85. The molecule has 0 fully saturated rings. The second-order valence-corrected chi connectivity index (χ2v) is 6.88. The molecule has 0 saturated carbocycles. The van der Waals surface area contributed by atoms with Gasteiger partial charge in [-0.05, 0) is 43.3 Å². The summed E-state index contributed by atoms with van der Waals surface area (Å²) in [7, 11) is 0. The largest absolute Gasteiger partial charge is 0.486 e. The van der Waals surface area contributed by atoms with Gasteiger partial charge in [0.25, 0.3) is 5.91 Å². The van der Waals surface area contributed by atoms with Crippen LogP contribution in [0.3, 0.4) is 0 Å². The van der Waals surface area contributed by atoms with E-state index < -0.39 is 11.7 Å². The molecule has 3 aromatic rings. The molecule has 0 aliphatic carbocycles. The van der Waals surface area contributed by atoms with Gasteiger partial charge in [0.15, 0.2) is 0 Å². The number of nitrogens with one attached hydrogen (secondary N) is 1. The van der Waals surface area contributed by atoms with E-state index in [2.05, 4.69) is 10.5 Å². The standard InChI is InChI=1S/C19H15F3N2O3S/c1-12-7-13(11-28-12)18(25)24-23-9-16-5-6-17(27-16)10-26-15-4-2-3-14(8-15)19(20,21)22/h2-9,11H,10H2,1H3,(H,24,25). The van der Waals surface area contributed by atoms with Crippen molar-refractivity contribution in [2.45, 2.75) is 19.7 Å². The number of furan rings is 1. The lowest BCUT2D eigenvalue weighted by Gasteiger charge is -2.09. The SMILES string of the molecule is Cc1cc(C(=O)NN=Cc2ccc(COc3cccc(C(F)(F)F)c3)o2)cs1. The molecule has 146 valence electrons. The number of ether oxygens (including phenoxy) is 1. The number of alkyl halides is 3. The fourth-order valence-electron chi connectivity index (χ4n) is 2.24. The summed E-state index contributed by atoms with van der Waals surface area (Å²) in [6.07, 6.45) is -3.11. The molecule has 0 spiro atoms. The van der Waals surface area contributed by atoms with Crippen LogP contribution >= 0.6 is 11.3 Å². The molecule has 28 heavy (non-hydrogen) atoms. The van der Waals surface area contributed by atoms with Crippen LogP contribution in [0.4, 0.5) is 13.2 Å². The highest BCUT2D eigenvalue weighted by Gasteiger charge is 2.30. The highest BCUT2D eigenvalue weighted by atomic mass is 32.1. The van der Waals surface area contributed by atoms with Crippen LogP contribution in [-0.4, -0.2) is 12.1 Å². The zero-order valence-electron chi connectivity index (χ0n) is 14.6. The van der Waals surface area contributed by atoms with Gasteiger partial charge in [-0.15, -0.1) is 11.3 Å². The van der Waals surface area contributed by atoms with Crippen LogP contribution in [0, 0.1) is 6.92 Å². The quantitative estimate of drug-likeness (QED) is 0.461. The molecule has 2 aromatic heterocycles. The number of halogens is 3. The first-order chi connectivity index (χ1) is 13.3. The summed E-state index contributed by atoms with van der Waals surface area (Å²) in [5.74, 6) is 0.517. The summed E-state index contributed by atoms with van der Waals surface area (Å²) < 4.78 is 48.9. The van der Waals surface area contributed by atoms with Gasteiger partial charge < -0.3 is 9.15 Å². The molecule has 0 aliphatic rings. The minimum absolute atomic E-state index is 0.0459. The Bertz CT molecular complexity index is 992. The normalized spacial score (nSPS) is 11.7. The third-order valence-corrected chi connectivity index (χ3v) is 4.44. The number of benzene rings is 1. The Morgan fingerprint density at radius 3 is 2.82 bits per heavy atom. The molecule has 0 radical (unpaired) electrons. The third kappa shape index (κ3) is 5.23. The average molecular weight is 408 g/mol. The molecule has 0 bridgehead atoms. The van der Waals surface area contributed by atoms with Crippen molar-refractivity contribution in [1.82, 2.24) is 5.43 Å². The lowest BCUT2D eigenvalue weighted by Crippen LogP contribution is -2.16. The zero-order valence-corrected chi connectivity index (χ0v) is 15.4. The van der Waals surface area contributed by atoms with E-state index in [4.69, 9.17) is 9.15 Å². The number of carbonyl (C=O) groups is 1. The first kappa shape index (κ1) is 19.7. The van der Waals surface area contributed by atoms with Crippen molar-refractivity contribution in [3.05, 3.63) is 75.4 Å². The van der Waals surface area contributed by atoms with Gasteiger partial charge in [-0.2, -0.15) is 18.3 Å². The molecule has 0 unspecified atom stereocenters. The Balaban J connectivity index is 1.53. The molecular formula is C19H15F3N2O3S. The van der Waals surface area contributed by atoms with Crippen LogP contribution in [0.2, 0.25) is 0 Å². The highest BCUT2D eigenvalue weighted by molar-refractivity contribution is 7.10. The molecule has 2 heterocycles. The Hall–Kier alpha value is -3.07. The van der Waals surface area contributed by atoms with Gasteiger partial charge in [0.05, 0.1) is 17.3 Å². The Labute approximate surface area is 162 Å². The molecule has 0 atom stereocenters. The number of nitrogens with zero attached hydrogens (tertiary/aromatic N) is 1. The Morgan fingerprint density at radius 1 is 1.29 bits per heavy atom. The predicted molar refractivity (Wildman–Crippen MR) is 98.6 cm³/mol. The van der Waals surface area contributed by atoms with E-state index in [9.17, 15) is 18.0 Å². The fraction of sp³-hybridized carbons (Fsp3) is 0.158. The zero-order chi connectivity index (χ0) is 20.1. The smallest absolute Gasteiger partial charge is 0.416 e. The maximum Gasteiger partial charge on any atom is 0.416 e. The highest BCUT2D eigenvalue weighted by Crippen LogP contribution is 2.31. The maximum absolute atomic E-state index is 12.7. The second kappa shape index (κ2) is 8.30. The summed E-state index contributed by atoms with van der Waals surface area (Å²) >= 11 is 1.46. The molecule has 9 heteroatoms. The van der Waals surface area contributed by atoms with Crippen LogP contribution in [0.15, 0.2) is 57.4 Å². The Kier molecular flexibility index (Phi) is 5.84. The Morgan fingerprint density at radius 2 is 2.11 bits per heavy atom. The van der Waals surface area contributed by atoms with Gasteiger partial charge in [0.2, 0.25) is 0 Å². The van der Waals surface area contributed by atoms with Gasteiger partial charge in [0, 0.05) is 10.3 Å². The fourth-order valence-corrected chi connectivity index (χ4v) is 2.92. The van der Waals surface area contributed by atoms with Crippen LogP contribution < -0.4 is 10.2 Å². The first-order valence-electron chi connectivity index (χ1n) is 8.08. The van der Waals surface area contributed by atoms with E-state index in [-0.39, 0.29) is 18.3 Å². The van der Waals surface area contributed by atoms with E-state index in [0.29, 0.717) is 17.1 Å². The number of hydrogen-bond donors (Lipinski definition) is 1. The number of rotatable bonds is 6. The molecule has 1 aromatic carbocycles. The predicted octanol–water partition coefficient (Wildman–Crippen LogP) is 5.01. The van der Waals surface area contributed by atoms with E-state index in [1.165, 1.54) is 29.7 Å². The summed E-state index contributed by atoms with van der Waals surface area (Å²) in [6, 6.07) is 9.57. The van der Waals surface area contributed by atoms with Crippen LogP contribution in [0.5, 0.6) is 5.75 Å². The number of carbonyl (C=O) groups excluding carboxylic acids is 1. The number of hydrazone groups is 1. The van der Waals surface area contributed by atoms with Crippen molar-refractivity contribution < 1.29 is 27.1 Å². The first-order valence-corrected chi connectivity index (χ1v) is 8.96. The van der Waals surface area contributed by atoms with Crippen molar-refractivity contribution in [2.24, 2.45) is 5.10 Å².